The van der Waals surface area contributed by atoms with Crippen LogP contribution < -0.4 is 10.6 Å². The van der Waals surface area contributed by atoms with Crippen molar-refractivity contribution in [2.24, 2.45) is 0 Å². The molecule has 0 spiro atoms. The van der Waals surface area contributed by atoms with Crippen LogP contribution in [-0.2, 0) is 14.4 Å². The van der Waals surface area contributed by atoms with Crippen LogP contribution in [0.1, 0.15) is 32.1 Å². The van der Waals surface area contributed by atoms with Gasteiger partial charge < -0.3 is 5.32 Å². The van der Waals surface area contributed by atoms with E-state index in [0.717, 1.165) is 17.7 Å². The van der Waals surface area contributed by atoms with Crippen LogP contribution in [0.15, 0.2) is 0 Å². The molecular formula is C12H19N3O3. The first-order valence-corrected chi connectivity index (χ1v) is 6.41. The Morgan fingerprint density at radius 2 is 2.00 bits per heavy atom. The van der Waals surface area contributed by atoms with E-state index >= 15 is 0 Å². The fraction of sp³-hybridized carbons (Fsp3) is 0.750. The number of carbonyl (C=O) groups is 3. The molecule has 18 heavy (non-hydrogen) atoms. The first-order valence-electron chi connectivity index (χ1n) is 6.41. The molecule has 1 atom stereocenters. The largest absolute Gasteiger partial charge is 0.352 e. The fourth-order valence-corrected chi connectivity index (χ4v) is 2.48. The molecule has 1 saturated heterocycles. The Balaban J connectivity index is 1.72. The monoisotopic (exact) mass is 253 g/mol. The van der Waals surface area contributed by atoms with E-state index in [-0.39, 0.29) is 36.7 Å². The normalized spacial score (nSPS) is 24.9. The van der Waals surface area contributed by atoms with E-state index in [2.05, 4.69) is 10.6 Å². The van der Waals surface area contributed by atoms with Gasteiger partial charge in [-0.2, -0.15) is 0 Å². The number of hydrogen-bond donors (Lipinski definition) is 2. The van der Waals surface area contributed by atoms with Crippen molar-refractivity contribution >= 4 is 17.7 Å². The lowest BCUT2D eigenvalue weighted by atomic mass is 10.2. The highest BCUT2D eigenvalue weighted by molar-refractivity contribution is 6.05. The van der Waals surface area contributed by atoms with Gasteiger partial charge in [-0.15, -0.1) is 0 Å². The third-order valence-corrected chi connectivity index (χ3v) is 3.61. The van der Waals surface area contributed by atoms with Crippen molar-refractivity contribution in [3.05, 3.63) is 0 Å². The van der Waals surface area contributed by atoms with Gasteiger partial charge in [0.15, 0.2) is 0 Å². The lowest BCUT2D eigenvalue weighted by Crippen LogP contribution is -2.44. The van der Waals surface area contributed by atoms with Crippen molar-refractivity contribution in [1.29, 1.82) is 0 Å². The molecule has 0 aromatic carbocycles. The standard InChI is InChI=1S/C12H19N3O3/c1-15-11(17)6-9(12(15)18)13-7-10(16)14-8-4-2-3-5-8/h8-9,13H,2-7H2,1H3,(H,14,16). The van der Waals surface area contributed by atoms with Gasteiger partial charge in [-0.05, 0) is 12.8 Å². The summed E-state index contributed by atoms with van der Waals surface area (Å²) in [6.45, 7) is 0.0913. The highest BCUT2D eigenvalue weighted by Crippen LogP contribution is 2.17. The Morgan fingerprint density at radius 1 is 1.33 bits per heavy atom. The van der Waals surface area contributed by atoms with Crippen LogP contribution >= 0.6 is 0 Å². The molecule has 1 aliphatic carbocycles. The molecule has 1 heterocycles. The van der Waals surface area contributed by atoms with Gasteiger partial charge in [-0.1, -0.05) is 12.8 Å². The van der Waals surface area contributed by atoms with Gasteiger partial charge in [-0.3, -0.25) is 24.6 Å². The maximum atomic E-state index is 11.6. The van der Waals surface area contributed by atoms with Crippen LogP contribution in [0.25, 0.3) is 0 Å². The van der Waals surface area contributed by atoms with Crippen LogP contribution in [0.4, 0.5) is 0 Å². The molecule has 0 bridgehead atoms. The van der Waals surface area contributed by atoms with Gasteiger partial charge in [-0.25, -0.2) is 0 Å². The number of nitrogens with one attached hydrogen (secondary N) is 2. The molecule has 100 valence electrons. The Morgan fingerprint density at radius 3 is 2.56 bits per heavy atom. The molecule has 1 unspecified atom stereocenters. The molecule has 2 aliphatic rings. The number of likely N-dealkylation sites (N-methyl/N-ethyl adjacent to an activating group) is 1. The first kappa shape index (κ1) is 13.0. The number of imide groups is 1. The predicted octanol–water partition coefficient (Wildman–Crippen LogP) is -0.608. The fourth-order valence-electron chi connectivity index (χ4n) is 2.48. The summed E-state index contributed by atoms with van der Waals surface area (Å²) in [5, 5.41) is 5.77. The van der Waals surface area contributed by atoms with E-state index in [1.54, 1.807) is 0 Å². The number of hydrogen-bond acceptors (Lipinski definition) is 4. The van der Waals surface area contributed by atoms with Crippen molar-refractivity contribution < 1.29 is 14.4 Å². The van der Waals surface area contributed by atoms with Crippen molar-refractivity contribution in [2.75, 3.05) is 13.6 Å². The van der Waals surface area contributed by atoms with Gasteiger partial charge >= 0.3 is 0 Å². The maximum absolute atomic E-state index is 11.6. The van der Waals surface area contributed by atoms with Crippen LogP contribution in [0.3, 0.4) is 0 Å². The Bertz CT molecular complexity index is 364. The van der Waals surface area contributed by atoms with E-state index < -0.39 is 6.04 Å². The summed E-state index contributed by atoms with van der Waals surface area (Å²) in [7, 11) is 1.46. The highest BCUT2D eigenvalue weighted by Gasteiger charge is 2.35. The Kier molecular flexibility index (Phi) is 3.96. The van der Waals surface area contributed by atoms with Crippen LogP contribution in [0.2, 0.25) is 0 Å². The highest BCUT2D eigenvalue weighted by atomic mass is 16.2. The number of nitrogens with zero attached hydrogens (tertiary/aromatic N) is 1. The second kappa shape index (κ2) is 5.48. The van der Waals surface area contributed by atoms with E-state index in [9.17, 15) is 14.4 Å². The summed E-state index contributed by atoms with van der Waals surface area (Å²) in [5.41, 5.74) is 0. The molecular weight excluding hydrogens is 234 g/mol. The molecule has 0 radical (unpaired) electrons. The molecule has 1 aliphatic heterocycles. The molecule has 0 aromatic heterocycles. The predicted molar refractivity (Wildman–Crippen MR) is 64.6 cm³/mol. The van der Waals surface area contributed by atoms with Crippen LogP contribution in [0, 0.1) is 0 Å². The summed E-state index contributed by atoms with van der Waals surface area (Å²) in [5.74, 6) is -0.556. The number of amides is 3. The summed E-state index contributed by atoms with van der Waals surface area (Å²) < 4.78 is 0. The number of carbonyl (C=O) groups excluding carboxylic acids is 3. The molecule has 2 fully saturated rings. The van der Waals surface area contributed by atoms with Crippen molar-refractivity contribution in [3.8, 4) is 0 Å². The average Bonchev–Trinajstić information content (AvgIpc) is 2.92. The zero-order valence-corrected chi connectivity index (χ0v) is 10.6. The van der Waals surface area contributed by atoms with Gasteiger partial charge in [0.2, 0.25) is 17.7 Å². The molecule has 2 N–H and O–H groups in total. The number of rotatable bonds is 4. The lowest BCUT2D eigenvalue weighted by Gasteiger charge is -2.14. The quantitative estimate of drug-likeness (QED) is 0.655. The zero-order chi connectivity index (χ0) is 13.1. The summed E-state index contributed by atoms with van der Waals surface area (Å²) >= 11 is 0. The summed E-state index contributed by atoms with van der Waals surface area (Å²) in [6.07, 6.45) is 4.55. The molecule has 0 aromatic rings. The summed E-state index contributed by atoms with van der Waals surface area (Å²) in [4.78, 5) is 35.6. The smallest absolute Gasteiger partial charge is 0.246 e. The Labute approximate surface area is 106 Å². The van der Waals surface area contributed by atoms with Crippen LogP contribution in [0.5, 0.6) is 0 Å². The topological polar surface area (TPSA) is 78.5 Å². The van der Waals surface area contributed by atoms with Crippen molar-refractivity contribution in [3.63, 3.8) is 0 Å². The zero-order valence-electron chi connectivity index (χ0n) is 10.6. The maximum Gasteiger partial charge on any atom is 0.246 e. The second-order valence-corrected chi connectivity index (χ2v) is 4.98. The average molecular weight is 253 g/mol. The van der Waals surface area contributed by atoms with E-state index in [0.29, 0.717) is 0 Å². The van der Waals surface area contributed by atoms with Gasteiger partial charge in [0.05, 0.1) is 19.0 Å². The molecule has 6 nitrogen and oxygen atoms in total. The van der Waals surface area contributed by atoms with Crippen molar-refractivity contribution in [1.82, 2.24) is 15.5 Å². The second-order valence-electron chi connectivity index (χ2n) is 4.98. The Hall–Kier alpha value is -1.43. The van der Waals surface area contributed by atoms with E-state index in [4.69, 9.17) is 0 Å². The van der Waals surface area contributed by atoms with E-state index in [1.807, 2.05) is 0 Å². The third-order valence-electron chi connectivity index (χ3n) is 3.61. The van der Waals surface area contributed by atoms with Crippen LogP contribution in [-0.4, -0.2) is 48.3 Å². The van der Waals surface area contributed by atoms with Gasteiger partial charge in [0, 0.05) is 13.1 Å². The minimum atomic E-state index is -0.545. The minimum Gasteiger partial charge on any atom is -0.352 e. The first-order chi connectivity index (χ1) is 8.58. The van der Waals surface area contributed by atoms with Crippen molar-refractivity contribution in [2.45, 2.75) is 44.2 Å². The lowest BCUT2D eigenvalue weighted by molar-refractivity contribution is -0.137. The summed E-state index contributed by atoms with van der Waals surface area (Å²) in [6, 6.07) is -0.264. The van der Waals surface area contributed by atoms with E-state index in [1.165, 1.54) is 19.9 Å². The van der Waals surface area contributed by atoms with Gasteiger partial charge in [0.1, 0.15) is 0 Å². The van der Waals surface area contributed by atoms with Gasteiger partial charge in [0.25, 0.3) is 0 Å². The SMILES string of the molecule is CN1C(=O)CC(NCC(=O)NC2CCCC2)C1=O. The minimum absolute atomic E-state index is 0.0913. The molecule has 6 heteroatoms. The molecule has 1 saturated carbocycles. The third kappa shape index (κ3) is 2.87. The molecule has 3 amide bonds. The molecule has 2 rings (SSSR count). The number of likely N-dealkylation sites (tertiary alicyclic amines) is 1.